The predicted octanol–water partition coefficient (Wildman–Crippen LogP) is 5.84. The molecule has 0 saturated carbocycles. The van der Waals surface area contributed by atoms with Gasteiger partial charge in [0.15, 0.2) is 5.16 Å². The summed E-state index contributed by atoms with van der Waals surface area (Å²) in [6.07, 6.45) is 1.54. The maximum atomic E-state index is 13.7. The molecule has 0 amide bonds. The van der Waals surface area contributed by atoms with E-state index in [4.69, 9.17) is 4.42 Å². The van der Waals surface area contributed by atoms with Crippen molar-refractivity contribution in [3.8, 4) is 11.3 Å². The summed E-state index contributed by atoms with van der Waals surface area (Å²) in [5, 5.41) is 2.05. The zero-order chi connectivity index (χ0) is 20.8. The van der Waals surface area contributed by atoms with Crippen molar-refractivity contribution in [3.05, 3.63) is 64.2 Å². The second-order valence-corrected chi connectivity index (χ2v) is 8.71. The zero-order valence-electron chi connectivity index (χ0n) is 15.5. The van der Waals surface area contributed by atoms with Gasteiger partial charge in [-0.2, -0.15) is 8.78 Å². The van der Waals surface area contributed by atoms with Crippen LogP contribution in [0.1, 0.15) is 24.5 Å². The maximum Gasteiger partial charge on any atom is 0.321 e. The molecule has 0 aliphatic heterocycles. The van der Waals surface area contributed by atoms with Crippen molar-refractivity contribution >= 4 is 44.3 Å². The highest BCUT2D eigenvalue weighted by Gasteiger charge is 2.23. The molecule has 6 nitrogen and oxygen atoms in total. The summed E-state index contributed by atoms with van der Waals surface area (Å²) in [6, 6.07) is 10.3. The standard InChI is InChI=1S/C20H14F2N4O2S2/c1-10(30-20-23-12-5-2-3-6-13(12)26(20)19(21)22)16-24-17(27)15-11(9-29-18(15)25-16)14-7-4-8-28-14/h2-10,19H,1H3,(H,24,25,27). The third kappa shape index (κ3) is 3.12. The van der Waals surface area contributed by atoms with Crippen LogP contribution in [0.25, 0.3) is 32.6 Å². The molecule has 30 heavy (non-hydrogen) atoms. The molecule has 1 unspecified atom stereocenters. The molecule has 0 radical (unpaired) electrons. The first-order chi connectivity index (χ1) is 14.5. The Kier molecular flexibility index (Phi) is 4.67. The molecule has 10 heteroatoms. The molecule has 0 bridgehead atoms. The van der Waals surface area contributed by atoms with E-state index in [0.717, 1.165) is 16.3 Å². The van der Waals surface area contributed by atoms with Gasteiger partial charge in [-0.15, -0.1) is 11.3 Å². The van der Waals surface area contributed by atoms with Crippen LogP contribution in [-0.2, 0) is 0 Å². The molecule has 0 fully saturated rings. The fourth-order valence-corrected chi connectivity index (χ4v) is 5.20. The number of rotatable bonds is 5. The summed E-state index contributed by atoms with van der Waals surface area (Å²) in [5.41, 5.74) is 1.24. The highest BCUT2D eigenvalue weighted by atomic mass is 32.2. The Morgan fingerprint density at radius 2 is 2.03 bits per heavy atom. The van der Waals surface area contributed by atoms with E-state index < -0.39 is 11.8 Å². The summed E-state index contributed by atoms with van der Waals surface area (Å²) in [6.45, 7) is -0.930. The van der Waals surface area contributed by atoms with Gasteiger partial charge in [0.1, 0.15) is 16.4 Å². The van der Waals surface area contributed by atoms with Crippen LogP contribution in [0.4, 0.5) is 8.78 Å². The molecule has 1 aromatic carbocycles. The van der Waals surface area contributed by atoms with Crippen molar-refractivity contribution in [1.82, 2.24) is 19.5 Å². The van der Waals surface area contributed by atoms with E-state index in [9.17, 15) is 13.6 Å². The summed E-state index contributed by atoms with van der Waals surface area (Å²) < 4.78 is 33.7. The van der Waals surface area contributed by atoms with Crippen LogP contribution in [0.2, 0.25) is 0 Å². The largest absolute Gasteiger partial charge is 0.464 e. The number of imidazole rings is 1. The summed E-state index contributed by atoms with van der Waals surface area (Å²) in [7, 11) is 0. The number of furan rings is 1. The monoisotopic (exact) mass is 444 g/mol. The van der Waals surface area contributed by atoms with Gasteiger partial charge in [0.25, 0.3) is 5.56 Å². The van der Waals surface area contributed by atoms with Crippen molar-refractivity contribution < 1.29 is 13.2 Å². The second kappa shape index (κ2) is 7.37. The van der Waals surface area contributed by atoms with Gasteiger partial charge in [-0.05, 0) is 31.2 Å². The number of para-hydroxylation sites is 2. The van der Waals surface area contributed by atoms with Gasteiger partial charge in [-0.25, -0.2) is 9.97 Å². The third-order valence-corrected chi connectivity index (χ3v) is 6.62. The summed E-state index contributed by atoms with van der Waals surface area (Å²) >= 11 is 2.46. The molecule has 0 aliphatic carbocycles. The van der Waals surface area contributed by atoms with Crippen LogP contribution in [0.15, 0.2) is 62.4 Å². The van der Waals surface area contributed by atoms with Crippen LogP contribution in [0.3, 0.4) is 0 Å². The fourth-order valence-electron chi connectivity index (χ4n) is 3.28. The van der Waals surface area contributed by atoms with Gasteiger partial charge in [-0.3, -0.25) is 9.36 Å². The lowest BCUT2D eigenvalue weighted by Gasteiger charge is -2.12. The topological polar surface area (TPSA) is 76.7 Å². The number of thiophene rings is 1. The molecule has 0 aliphatic rings. The molecular weight excluding hydrogens is 430 g/mol. The van der Waals surface area contributed by atoms with Crippen LogP contribution in [-0.4, -0.2) is 19.5 Å². The average molecular weight is 444 g/mol. The molecule has 0 saturated heterocycles. The minimum atomic E-state index is -2.73. The second-order valence-electron chi connectivity index (χ2n) is 6.55. The minimum Gasteiger partial charge on any atom is -0.464 e. The normalized spacial score (nSPS) is 12.9. The van der Waals surface area contributed by atoms with Crippen molar-refractivity contribution in [1.29, 1.82) is 0 Å². The van der Waals surface area contributed by atoms with Crippen LogP contribution < -0.4 is 5.56 Å². The lowest BCUT2D eigenvalue weighted by Crippen LogP contribution is -2.12. The molecule has 5 aromatic rings. The number of benzene rings is 1. The van der Waals surface area contributed by atoms with Crippen LogP contribution in [0, 0.1) is 0 Å². The van der Waals surface area contributed by atoms with E-state index in [-0.39, 0.29) is 10.7 Å². The zero-order valence-corrected chi connectivity index (χ0v) is 17.1. The Bertz CT molecular complexity index is 1410. The number of hydrogen-bond acceptors (Lipinski definition) is 6. The third-order valence-electron chi connectivity index (χ3n) is 4.67. The first kappa shape index (κ1) is 19.0. The fraction of sp³-hybridized carbons (Fsp3) is 0.150. The lowest BCUT2D eigenvalue weighted by molar-refractivity contribution is 0.0656. The van der Waals surface area contributed by atoms with Gasteiger partial charge in [-0.1, -0.05) is 23.9 Å². The average Bonchev–Trinajstić information content (AvgIpc) is 3.45. The number of aromatic amines is 1. The quantitative estimate of drug-likeness (QED) is 0.345. The summed E-state index contributed by atoms with van der Waals surface area (Å²) in [5.74, 6) is 0.993. The number of H-pyrrole nitrogens is 1. The molecule has 1 atom stereocenters. The molecule has 5 rings (SSSR count). The molecule has 4 aromatic heterocycles. The van der Waals surface area contributed by atoms with E-state index in [1.54, 1.807) is 49.6 Å². The van der Waals surface area contributed by atoms with Gasteiger partial charge in [0, 0.05) is 10.9 Å². The summed E-state index contributed by atoms with van der Waals surface area (Å²) in [4.78, 5) is 25.0. The Labute approximate surface area is 176 Å². The predicted molar refractivity (Wildman–Crippen MR) is 113 cm³/mol. The molecule has 4 heterocycles. The van der Waals surface area contributed by atoms with Crippen molar-refractivity contribution in [2.45, 2.75) is 23.9 Å². The molecule has 0 spiro atoms. The van der Waals surface area contributed by atoms with E-state index in [2.05, 4.69) is 15.0 Å². The Hall–Kier alpha value is -2.98. The van der Waals surface area contributed by atoms with E-state index in [1.807, 2.05) is 5.38 Å². The molecule has 1 N–H and O–H groups in total. The SMILES string of the molecule is CC(Sc1nc2ccccc2n1C(F)F)c1nc2scc(-c3ccco3)c2c(=O)[nH]1. The number of nitrogens with one attached hydrogen (secondary N) is 1. The number of aromatic nitrogens is 4. The first-order valence-electron chi connectivity index (χ1n) is 9.00. The Morgan fingerprint density at radius 3 is 2.80 bits per heavy atom. The Balaban J connectivity index is 1.53. The van der Waals surface area contributed by atoms with Crippen molar-refractivity contribution in [3.63, 3.8) is 0 Å². The van der Waals surface area contributed by atoms with E-state index >= 15 is 0 Å². The maximum absolute atomic E-state index is 13.7. The van der Waals surface area contributed by atoms with Gasteiger partial charge >= 0.3 is 6.55 Å². The van der Waals surface area contributed by atoms with Gasteiger partial charge in [0.2, 0.25) is 0 Å². The number of hydrogen-bond donors (Lipinski definition) is 1. The van der Waals surface area contributed by atoms with E-state index in [0.29, 0.717) is 38.4 Å². The van der Waals surface area contributed by atoms with Gasteiger partial charge in [0.05, 0.1) is 27.9 Å². The lowest BCUT2D eigenvalue weighted by atomic mass is 10.2. The molecule has 152 valence electrons. The number of halogens is 2. The number of thioether (sulfide) groups is 1. The smallest absolute Gasteiger partial charge is 0.321 e. The van der Waals surface area contributed by atoms with Gasteiger partial charge < -0.3 is 9.40 Å². The number of fused-ring (bicyclic) bond motifs is 2. The van der Waals surface area contributed by atoms with Crippen molar-refractivity contribution in [2.75, 3.05) is 0 Å². The van der Waals surface area contributed by atoms with Crippen LogP contribution >= 0.6 is 23.1 Å². The van der Waals surface area contributed by atoms with Crippen molar-refractivity contribution in [2.24, 2.45) is 0 Å². The van der Waals surface area contributed by atoms with E-state index in [1.165, 1.54) is 11.3 Å². The number of alkyl halides is 2. The number of nitrogens with zero attached hydrogens (tertiary/aromatic N) is 3. The molecular formula is C20H14F2N4O2S2. The first-order valence-corrected chi connectivity index (χ1v) is 10.8. The highest BCUT2D eigenvalue weighted by molar-refractivity contribution is 7.99. The minimum absolute atomic E-state index is 0.170. The highest BCUT2D eigenvalue weighted by Crippen LogP contribution is 2.38. The Morgan fingerprint density at radius 1 is 1.20 bits per heavy atom. The van der Waals surface area contributed by atoms with Crippen LogP contribution in [0.5, 0.6) is 0 Å².